The SMILES string of the molecule is C=COC(C)=O.CC(C)CCC(=O)O. The Kier molecular flexibility index (Phi) is 10.6. The van der Waals surface area contributed by atoms with E-state index in [4.69, 9.17) is 5.11 Å². The molecule has 0 unspecified atom stereocenters. The zero-order valence-corrected chi connectivity index (χ0v) is 8.95. The standard InChI is InChI=1S/C6H12O2.C4H6O2/c1-5(2)3-4-6(7)8;1-3-6-4(2)5/h5H,3-4H2,1-2H3,(H,7,8);3H,1H2,2H3. The monoisotopic (exact) mass is 202 g/mol. The highest BCUT2D eigenvalue weighted by Gasteiger charge is 1.97. The molecule has 82 valence electrons. The Morgan fingerprint density at radius 3 is 2.07 bits per heavy atom. The lowest BCUT2D eigenvalue weighted by molar-refractivity contribution is -0.137. The van der Waals surface area contributed by atoms with E-state index in [1.165, 1.54) is 6.92 Å². The van der Waals surface area contributed by atoms with Gasteiger partial charge in [0.15, 0.2) is 0 Å². The van der Waals surface area contributed by atoms with E-state index in [9.17, 15) is 9.59 Å². The lowest BCUT2D eigenvalue weighted by Crippen LogP contribution is -1.97. The molecule has 4 nitrogen and oxygen atoms in total. The van der Waals surface area contributed by atoms with Crippen LogP contribution in [-0.4, -0.2) is 17.0 Å². The maximum absolute atomic E-state index is 9.90. The Hall–Kier alpha value is -1.32. The minimum absolute atomic E-state index is 0.303. The topological polar surface area (TPSA) is 63.6 Å². The molecule has 0 aliphatic carbocycles. The van der Waals surface area contributed by atoms with E-state index in [1.807, 2.05) is 13.8 Å². The molecule has 0 bridgehead atoms. The van der Waals surface area contributed by atoms with Gasteiger partial charge in [0.05, 0.1) is 6.26 Å². The van der Waals surface area contributed by atoms with E-state index in [1.54, 1.807) is 0 Å². The third-order valence-electron chi connectivity index (χ3n) is 1.18. The molecule has 0 radical (unpaired) electrons. The van der Waals surface area contributed by atoms with Crippen LogP contribution in [0.3, 0.4) is 0 Å². The van der Waals surface area contributed by atoms with Crippen molar-refractivity contribution in [3.63, 3.8) is 0 Å². The number of ether oxygens (including phenoxy) is 1. The molecular weight excluding hydrogens is 184 g/mol. The molecule has 0 amide bonds. The van der Waals surface area contributed by atoms with Crippen molar-refractivity contribution in [1.29, 1.82) is 0 Å². The van der Waals surface area contributed by atoms with Crippen molar-refractivity contribution in [2.45, 2.75) is 33.6 Å². The van der Waals surface area contributed by atoms with E-state index >= 15 is 0 Å². The normalized spacial score (nSPS) is 8.57. The summed E-state index contributed by atoms with van der Waals surface area (Å²) in [5.74, 6) is -0.519. The minimum Gasteiger partial charge on any atom is -0.481 e. The van der Waals surface area contributed by atoms with Crippen LogP contribution in [0.15, 0.2) is 12.8 Å². The van der Waals surface area contributed by atoms with Crippen LogP contribution < -0.4 is 0 Å². The first-order valence-electron chi connectivity index (χ1n) is 4.40. The number of carbonyl (C=O) groups is 2. The average molecular weight is 202 g/mol. The molecule has 0 atom stereocenters. The van der Waals surface area contributed by atoms with E-state index in [-0.39, 0.29) is 5.97 Å². The fourth-order valence-corrected chi connectivity index (χ4v) is 0.530. The summed E-state index contributed by atoms with van der Waals surface area (Å²) in [7, 11) is 0. The minimum atomic E-state index is -0.696. The fraction of sp³-hybridized carbons (Fsp3) is 0.600. The van der Waals surface area contributed by atoms with Crippen molar-refractivity contribution in [3.8, 4) is 0 Å². The molecule has 14 heavy (non-hydrogen) atoms. The van der Waals surface area contributed by atoms with Crippen molar-refractivity contribution in [3.05, 3.63) is 12.8 Å². The zero-order chi connectivity index (χ0) is 11.6. The van der Waals surface area contributed by atoms with Gasteiger partial charge in [-0.15, -0.1) is 0 Å². The van der Waals surface area contributed by atoms with Gasteiger partial charge in [-0.2, -0.15) is 0 Å². The van der Waals surface area contributed by atoms with Gasteiger partial charge in [0, 0.05) is 13.3 Å². The number of rotatable bonds is 4. The maximum Gasteiger partial charge on any atom is 0.307 e. The first-order chi connectivity index (χ1) is 6.40. The quantitative estimate of drug-likeness (QED) is 0.560. The molecule has 0 aromatic carbocycles. The summed E-state index contributed by atoms with van der Waals surface area (Å²) < 4.78 is 4.17. The second kappa shape index (κ2) is 9.77. The largest absolute Gasteiger partial charge is 0.481 e. The van der Waals surface area contributed by atoms with Gasteiger partial charge in [0.1, 0.15) is 0 Å². The first kappa shape index (κ1) is 15.2. The van der Waals surface area contributed by atoms with Gasteiger partial charge in [0.2, 0.25) is 0 Å². The van der Waals surface area contributed by atoms with E-state index in [2.05, 4.69) is 11.3 Å². The molecule has 0 spiro atoms. The van der Waals surface area contributed by atoms with Gasteiger partial charge in [-0.25, -0.2) is 0 Å². The third-order valence-corrected chi connectivity index (χ3v) is 1.18. The van der Waals surface area contributed by atoms with Crippen molar-refractivity contribution < 1.29 is 19.4 Å². The number of hydrogen-bond acceptors (Lipinski definition) is 3. The van der Waals surface area contributed by atoms with Gasteiger partial charge < -0.3 is 9.84 Å². The highest BCUT2D eigenvalue weighted by Crippen LogP contribution is 2.01. The molecule has 0 heterocycles. The van der Waals surface area contributed by atoms with Crippen LogP contribution in [0, 0.1) is 5.92 Å². The van der Waals surface area contributed by atoms with E-state index < -0.39 is 5.97 Å². The van der Waals surface area contributed by atoms with E-state index in [0.29, 0.717) is 12.3 Å². The highest BCUT2D eigenvalue weighted by molar-refractivity contribution is 5.66. The smallest absolute Gasteiger partial charge is 0.307 e. The number of hydrogen-bond donors (Lipinski definition) is 1. The second-order valence-electron chi connectivity index (χ2n) is 3.10. The van der Waals surface area contributed by atoms with Crippen LogP contribution in [0.1, 0.15) is 33.6 Å². The Bertz CT molecular complexity index is 185. The van der Waals surface area contributed by atoms with Crippen LogP contribution in [0.5, 0.6) is 0 Å². The van der Waals surface area contributed by atoms with Crippen molar-refractivity contribution in [2.24, 2.45) is 5.92 Å². The molecule has 0 fully saturated rings. The summed E-state index contributed by atoms with van der Waals surface area (Å²) in [5.41, 5.74) is 0. The molecule has 0 aliphatic heterocycles. The fourth-order valence-electron chi connectivity index (χ4n) is 0.530. The number of carbonyl (C=O) groups excluding carboxylic acids is 1. The summed E-state index contributed by atoms with van der Waals surface area (Å²) in [6, 6.07) is 0. The first-order valence-corrected chi connectivity index (χ1v) is 4.40. The van der Waals surface area contributed by atoms with Gasteiger partial charge in [0.25, 0.3) is 0 Å². The van der Waals surface area contributed by atoms with Crippen molar-refractivity contribution >= 4 is 11.9 Å². The van der Waals surface area contributed by atoms with Gasteiger partial charge >= 0.3 is 11.9 Å². The average Bonchev–Trinajstić information content (AvgIpc) is 2.01. The summed E-state index contributed by atoms with van der Waals surface area (Å²) in [4.78, 5) is 19.7. The molecule has 0 aliphatic rings. The highest BCUT2D eigenvalue weighted by atomic mass is 16.5. The number of carboxylic acid groups (broad SMARTS) is 1. The van der Waals surface area contributed by atoms with Gasteiger partial charge in [-0.05, 0) is 12.3 Å². The number of esters is 1. The van der Waals surface area contributed by atoms with Gasteiger partial charge in [-0.1, -0.05) is 20.4 Å². The molecule has 0 saturated heterocycles. The molecule has 0 aromatic rings. The molecule has 4 heteroatoms. The van der Waals surface area contributed by atoms with Crippen molar-refractivity contribution in [2.75, 3.05) is 0 Å². The molecule has 0 rings (SSSR count). The Morgan fingerprint density at radius 1 is 1.50 bits per heavy atom. The number of aliphatic carboxylic acids is 1. The lowest BCUT2D eigenvalue weighted by atomic mass is 10.1. The van der Waals surface area contributed by atoms with E-state index in [0.717, 1.165) is 12.7 Å². The Labute approximate surface area is 84.6 Å². The summed E-state index contributed by atoms with van der Waals surface area (Å²) >= 11 is 0. The molecule has 0 aromatic heterocycles. The third kappa shape index (κ3) is 22.4. The molecule has 0 saturated carbocycles. The van der Waals surface area contributed by atoms with Crippen LogP contribution >= 0.6 is 0 Å². The Balaban J connectivity index is 0. The zero-order valence-electron chi connectivity index (χ0n) is 8.95. The number of carboxylic acids is 1. The van der Waals surface area contributed by atoms with Crippen LogP contribution in [0.4, 0.5) is 0 Å². The lowest BCUT2D eigenvalue weighted by Gasteiger charge is -1.97. The predicted octanol–water partition coefficient (Wildman–Crippen LogP) is 2.20. The Morgan fingerprint density at radius 2 is 2.00 bits per heavy atom. The summed E-state index contributed by atoms with van der Waals surface area (Å²) in [6.07, 6.45) is 2.19. The summed E-state index contributed by atoms with van der Waals surface area (Å²) in [5, 5.41) is 8.16. The molecular formula is C10H18O4. The van der Waals surface area contributed by atoms with Crippen LogP contribution in [0.2, 0.25) is 0 Å². The maximum atomic E-state index is 9.90. The van der Waals surface area contributed by atoms with Crippen LogP contribution in [-0.2, 0) is 14.3 Å². The predicted molar refractivity (Wildman–Crippen MR) is 53.7 cm³/mol. The summed E-state index contributed by atoms with van der Waals surface area (Å²) in [6.45, 7) is 8.51. The van der Waals surface area contributed by atoms with Crippen molar-refractivity contribution in [1.82, 2.24) is 0 Å². The molecule has 1 N–H and O–H groups in total. The van der Waals surface area contributed by atoms with Gasteiger partial charge in [-0.3, -0.25) is 9.59 Å². The van der Waals surface area contributed by atoms with Crippen LogP contribution in [0.25, 0.3) is 0 Å². The second-order valence-corrected chi connectivity index (χ2v) is 3.10.